The first-order valence-corrected chi connectivity index (χ1v) is 6.46. The van der Waals surface area contributed by atoms with Gasteiger partial charge in [-0.05, 0) is 43.6 Å². The Bertz CT molecular complexity index is 419. The van der Waals surface area contributed by atoms with Crippen LogP contribution in [-0.2, 0) is 6.54 Å². The molecule has 0 aliphatic rings. The molecule has 0 saturated heterocycles. The van der Waals surface area contributed by atoms with Crippen LogP contribution in [0.4, 0.5) is 4.79 Å². The summed E-state index contributed by atoms with van der Waals surface area (Å²) >= 11 is 1.18. The molecular weight excluding hydrogens is 248 g/mol. The molecular formula is C13H20N2O2S. The Morgan fingerprint density at radius 2 is 1.94 bits per heavy atom. The summed E-state index contributed by atoms with van der Waals surface area (Å²) in [4.78, 5) is 16.2. The van der Waals surface area contributed by atoms with Crippen molar-refractivity contribution in [2.75, 3.05) is 35.3 Å². The summed E-state index contributed by atoms with van der Waals surface area (Å²) in [6, 6.07) is 5.93. The third kappa shape index (κ3) is 4.23. The van der Waals surface area contributed by atoms with E-state index < -0.39 is 0 Å². The van der Waals surface area contributed by atoms with Crippen molar-refractivity contribution >= 4 is 17.0 Å². The smallest absolute Gasteiger partial charge is 0.286 e. The Morgan fingerprint density at radius 1 is 1.28 bits per heavy atom. The number of methoxy groups -OCH3 is 1. The predicted octanol–water partition coefficient (Wildman–Crippen LogP) is 2.53. The molecule has 100 valence electrons. The highest BCUT2D eigenvalue weighted by Crippen LogP contribution is 2.31. The van der Waals surface area contributed by atoms with E-state index >= 15 is 0 Å². The third-order valence-corrected chi connectivity index (χ3v) is 3.39. The topological polar surface area (TPSA) is 32.8 Å². The molecule has 0 aliphatic heterocycles. The fourth-order valence-corrected chi connectivity index (χ4v) is 2.19. The number of amides is 1. The summed E-state index contributed by atoms with van der Waals surface area (Å²) in [5.74, 6) is 0.745. The Morgan fingerprint density at radius 3 is 2.44 bits per heavy atom. The van der Waals surface area contributed by atoms with Gasteiger partial charge in [-0.15, -0.1) is 0 Å². The average molecular weight is 268 g/mol. The van der Waals surface area contributed by atoms with Crippen LogP contribution >= 0.6 is 11.8 Å². The maximum Gasteiger partial charge on any atom is 0.286 e. The highest BCUT2D eigenvalue weighted by molar-refractivity contribution is 8.13. The molecule has 18 heavy (non-hydrogen) atoms. The van der Waals surface area contributed by atoms with Crippen molar-refractivity contribution in [3.05, 3.63) is 23.8 Å². The fraction of sp³-hybridized carbons (Fsp3) is 0.462. The highest BCUT2D eigenvalue weighted by Gasteiger charge is 2.12. The first kappa shape index (κ1) is 14.9. The lowest BCUT2D eigenvalue weighted by atomic mass is 10.2. The van der Waals surface area contributed by atoms with Crippen molar-refractivity contribution in [2.45, 2.75) is 11.4 Å². The van der Waals surface area contributed by atoms with Crippen LogP contribution in [0.3, 0.4) is 0 Å². The lowest BCUT2D eigenvalue weighted by molar-refractivity contribution is 0.241. The minimum Gasteiger partial charge on any atom is -0.496 e. The largest absolute Gasteiger partial charge is 0.496 e. The second-order valence-electron chi connectivity index (χ2n) is 4.49. The van der Waals surface area contributed by atoms with Gasteiger partial charge in [-0.25, -0.2) is 0 Å². The summed E-state index contributed by atoms with van der Waals surface area (Å²) in [6.07, 6.45) is 0. The average Bonchev–Trinajstić information content (AvgIpc) is 2.30. The maximum absolute atomic E-state index is 11.7. The van der Waals surface area contributed by atoms with Gasteiger partial charge in [0.15, 0.2) is 0 Å². The minimum absolute atomic E-state index is 0.00587. The molecule has 0 saturated carbocycles. The molecule has 0 atom stereocenters. The number of carbonyl (C=O) groups excluding carboxylic acids is 1. The molecule has 1 rings (SSSR count). The zero-order valence-electron chi connectivity index (χ0n) is 11.6. The van der Waals surface area contributed by atoms with Gasteiger partial charge in [0, 0.05) is 20.6 Å². The van der Waals surface area contributed by atoms with E-state index in [1.54, 1.807) is 26.1 Å². The lowest BCUT2D eigenvalue weighted by Crippen LogP contribution is -2.16. The molecule has 1 aromatic rings. The molecule has 0 bridgehead atoms. The third-order valence-electron chi connectivity index (χ3n) is 2.29. The maximum atomic E-state index is 11.7. The minimum atomic E-state index is -0.00587. The van der Waals surface area contributed by atoms with Gasteiger partial charge < -0.3 is 14.5 Å². The molecule has 0 heterocycles. The van der Waals surface area contributed by atoms with Crippen LogP contribution in [0.1, 0.15) is 5.56 Å². The molecule has 1 amide bonds. The van der Waals surface area contributed by atoms with E-state index in [1.165, 1.54) is 17.3 Å². The van der Waals surface area contributed by atoms with Crippen molar-refractivity contribution in [1.82, 2.24) is 9.80 Å². The molecule has 0 N–H and O–H groups in total. The summed E-state index contributed by atoms with van der Waals surface area (Å²) in [7, 11) is 9.14. The summed E-state index contributed by atoms with van der Waals surface area (Å²) in [6.45, 7) is 0.850. The molecule has 0 aliphatic carbocycles. The van der Waals surface area contributed by atoms with E-state index in [2.05, 4.69) is 4.90 Å². The predicted molar refractivity (Wildman–Crippen MR) is 75.3 cm³/mol. The van der Waals surface area contributed by atoms with Crippen molar-refractivity contribution in [2.24, 2.45) is 0 Å². The number of hydrogen-bond donors (Lipinski definition) is 0. The van der Waals surface area contributed by atoms with E-state index in [4.69, 9.17) is 4.74 Å². The van der Waals surface area contributed by atoms with Crippen LogP contribution in [0.2, 0.25) is 0 Å². The number of rotatable bonds is 4. The van der Waals surface area contributed by atoms with E-state index in [9.17, 15) is 4.79 Å². The Kier molecular flexibility index (Phi) is 5.50. The van der Waals surface area contributed by atoms with Gasteiger partial charge in [-0.2, -0.15) is 0 Å². The number of hydrogen-bond acceptors (Lipinski definition) is 4. The molecule has 0 unspecified atom stereocenters. The number of thioether (sulfide) groups is 1. The van der Waals surface area contributed by atoms with Gasteiger partial charge in [-0.3, -0.25) is 4.79 Å². The van der Waals surface area contributed by atoms with E-state index in [1.807, 2.05) is 32.3 Å². The number of nitrogens with zero attached hydrogens (tertiary/aromatic N) is 2. The fourth-order valence-electron chi connectivity index (χ4n) is 1.45. The van der Waals surface area contributed by atoms with Gasteiger partial charge in [-0.1, -0.05) is 6.07 Å². The molecule has 0 spiro atoms. The van der Waals surface area contributed by atoms with Crippen LogP contribution in [-0.4, -0.2) is 50.3 Å². The van der Waals surface area contributed by atoms with Crippen molar-refractivity contribution in [3.8, 4) is 5.75 Å². The van der Waals surface area contributed by atoms with E-state index in [0.717, 1.165) is 17.2 Å². The van der Waals surface area contributed by atoms with Gasteiger partial charge >= 0.3 is 0 Å². The zero-order valence-corrected chi connectivity index (χ0v) is 12.4. The second-order valence-corrected chi connectivity index (χ2v) is 5.48. The molecule has 0 aromatic heterocycles. The van der Waals surface area contributed by atoms with Gasteiger partial charge in [0.05, 0.1) is 12.0 Å². The SMILES string of the molecule is COc1cc(CN(C)C)ccc1SC(=O)N(C)C. The van der Waals surface area contributed by atoms with Crippen molar-refractivity contribution in [3.63, 3.8) is 0 Å². The Hall–Kier alpha value is -1.20. The Labute approximate surface area is 113 Å². The highest BCUT2D eigenvalue weighted by atomic mass is 32.2. The molecule has 5 heteroatoms. The number of ether oxygens (including phenoxy) is 1. The summed E-state index contributed by atoms with van der Waals surface area (Å²) in [5.41, 5.74) is 1.17. The van der Waals surface area contributed by atoms with Gasteiger partial charge in [0.2, 0.25) is 0 Å². The second kappa shape index (κ2) is 6.66. The quantitative estimate of drug-likeness (QED) is 0.786. The van der Waals surface area contributed by atoms with Crippen molar-refractivity contribution < 1.29 is 9.53 Å². The first-order chi connectivity index (χ1) is 8.43. The van der Waals surface area contributed by atoms with Crippen LogP contribution in [0.15, 0.2) is 23.1 Å². The van der Waals surface area contributed by atoms with Gasteiger partial charge in [0.25, 0.3) is 5.24 Å². The van der Waals surface area contributed by atoms with Crippen LogP contribution in [0.25, 0.3) is 0 Å². The summed E-state index contributed by atoms with van der Waals surface area (Å²) in [5, 5.41) is -0.00587. The van der Waals surface area contributed by atoms with E-state index in [0.29, 0.717) is 0 Å². The normalized spacial score (nSPS) is 10.6. The number of carbonyl (C=O) groups is 1. The van der Waals surface area contributed by atoms with Crippen molar-refractivity contribution in [1.29, 1.82) is 0 Å². The van der Waals surface area contributed by atoms with Crippen LogP contribution in [0.5, 0.6) is 5.75 Å². The van der Waals surface area contributed by atoms with E-state index in [-0.39, 0.29) is 5.24 Å². The first-order valence-electron chi connectivity index (χ1n) is 5.65. The number of benzene rings is 1. The van der Waals surface area contributed by atoms with Crippen LogP contribution in [0, 0.1) is 0 Å². The van der Waals surface area contributed by atoms with Crippen LogP contribution < -0.4 is 4.74 Å². The zero-order chi connectivity index (χ0) is 13.7. The molecule has 4 nitrogen and oxygen atoms in total. The molecule has 0 fully saturated rings. The molecule has 0 radical (unpaired) electrons. The standard InChI is InChI=1S/C13H20N2O2S/c1-14(2)9-10-6-7-12(11(8-10)17-5)18-13(16)15(3)4/h6-8H,9H2,1-5H3. The van der Waals surface area contributed by atoms with Gasteiger partial charge in [0.1, 0.15) is 5.75 Å². The Balaban J connectivity index is 2.89. The molecule has 1 aromatic carbocycles. The monoisotopic (exact) mass is 268 g/mol. The lowest BCUT2D eigenvalue weighted by Gasteiger charge is -2.14. The summed E-state index contributed by atoms with van der Waals surface area (Å²) < 4.78 is 5.34.